The molecule has 0 aromatic carbocycles. The molecule has 0 rings (SSSR count). The zero-order valence-electron chi connectivity index (χ0n) is 10.3. The van der Waals surface area contributed by atoms with Crippen LogP contribution < -0.4 is 5.32 Å². The second kappa shape index (κ2) is 9.25. The summed E-state index contributed by atoms with van der Waals surface area (Å²) in [6.45, 7) is 8.89. The lowest BCUT2D eigenvalue weighted by atomic mass is 9.86. The highest BCUT2D eigenvalue weighted by Gasteiger charge is 2.18. The Kier molecular flexibility index (Phi) is 9.26. The maximum absolute atomic E-state index is 5.00. The van der Waals surface area contributed by atoms with Gasteiger partial charge >= 0.3 is 0 Å². The lowest BCUT2D eigenvalue weighted by molar-refractivity contribution is 0.195. The molecule has 0 heterocycles. The highest BCUT2D eigenvalue weighted by molar-refractivity contribution is 7.98. The molecule has 0 aliphatic heterocycles. The van der Waals surface area contributed by atoms with E-state index in [0.717, 1.165) is 19.7 Å². The van der Waals surface area contributed by atoms with Gasteiger partial charge in [0.05, 0.1) is 6.61 Å². The Balaban J connectivity index is 3.70. The Morgan fingerprint density at radius 3 is 2.80 bits per heavy atom. The lowest BCUT2D eigenvalue weighted by Gasteiger charge is -2.26. The van der Waals surface area contributed by atoms with Gasteiger partial charge in [0.1, 0.15) is 0 Å². The molecule has 3 heteroatoms. The van der Waals surface area contributed by atoms with Crippen LogP contribution in [-0.4, -0.2) is 38.8 Å². The SMILES string of the molecule is C=CC(C)(CCCSC)CNCCOC. The van der Waals surface area contributed by atoms with Crippen molar-refractivity contribution in [3.63, 3.8) is 0 Å². The maximum Gasteiger partial charge on any atom is 0.0587 e. The van der Waals surface area contributed by atoms with Gasteiger partial charge in [-0.25, -0.2) is 0 Å². The molecule has 0 aromatic heterocycles. The van der Waals surface area contributed by atoms with E-state index in [4.69, 9.17) is 4.74 Å². The molecule has 0 amide bonds. The summed E-state index contributed by atoms with van der Waals surface area (Å²) in [5.74, 6) is 1.24. The maximum atomic E-state index is 5.00. The van der Waals surface area contributed by atoms with E-state index in [2.05, 4.69) is 31.2 Å². The first-order chi connectivity index (χ1) is 7.18. The van der Waals surface area contributed by atoms with Gasteiger partial charge in [-0.2, -0.15) is 11.8 Å². The van der Waals surface area contributed by atoms with Crippen molar-refractivity contribution in [3.8, 4) is 0 Å². The molecule has 0 saturated heterocycles. The van der Waals surface area contributed by atoms with Gasteiger partial charge in [-0.05, 0) is 30.3 Å². The quantitative estimate of drug-likeness (QED) is 0.461. The van der Waals surface area contributed by atoms with Gasteiger partial charge in [0.15, 0.2) is 0 Å². The van der Waals surface area contributed by atoms with Crippen molar-refractivity contribution in [3.05, 3.63) is 12.7 Å². The zero-order chi connectivity index (χ0) is 11.6. The molecule has 1 atom stereocenters. The molecule has 0 fully saturated rings. The van der Waals surface area contributed by atoms with Crippen LogP contribution in [0.1, 0.15) is 19.8 Å². The van der Waals surface area contributed by atoms with Crippen molar-refractivity contribution < 1.29 is 4.74 Å². The van der Waals surface area contributed by atoms with E-state index in [1.807, 2.05) is 11.8 Å². The van der Waals surface area contributed by atoms with E-state index in [9.17, 15) is 0 Å². The molecular formula is C12H25NOS. The fourth-order valence-corrected chi connectivity index (χ4v) is 1.86. The Morgan fingerprint density at radius 2 is 2.27 bits per heavy atom. The summed E-state index contributed by atoms with van der Waals surface area (Å²) >= 11 is 1.91. The van der Waals surface area contributed by atoms with Gasteiger partial charge in [0, 0.05) is 20.2 Å². The first-order valence-electron chi connectivity index (χ1n) is 5.50. The summed E-state index contributed by atoms with van der Waals surface area (Å²) in [6.07, 6.45) is 6.70. The summed E-state index contributed by atoms with van der Waals surface area (Å²) < 4.78 is 5.00. The van der Waals surface area contributed by atoms with Gasteiger partial charge in [0.2, 0.25) is 0 Å². The normalized spacial score (nSPS) is 14.9. The predicted octanol–water partition coefficient (Wildman–Crippen LogP) is 2.56. The van der Waals surface area contributed by atoms with E-state index in [-0.39, 0.29) is 5.41 Å². The molecule has 0 aromatic rings. The first kappa shape index (κ1) is 15.0. The van der Waals surface area contributed by atoms with Crippen LogP contribution in [0.15, 0.2) is 12.7 Å². The van der Waals surface area contributed by atoms with Gasteiger partial charge < -0.3 is 10.1 Å². The molecule has 1 unspecified atom stereocenters. The molecule has 0 spiro atoms. The fourth-order valence-electron chi connectivity index (χ4n) is 1.43. The van der Waals surface area contributed by atoms with Crippen LogP contribution in [0.25, 0.3) is 0 Å². The van der Waals surface area contributed by atoms with Gasteiger partial charge in [-0.15, -0.1) is 6.58 Å². The molecular weight excluding hydrogens is 206 g/mol. The average molecular weight is 231 g/mol. The van der Waals surface area contributed by atoms with E-state index in [0.29, 0.717) is 0 Å². The summed E-state index contributed by atoms with van der Waals surface area (Å²) in [5, 5.41) is 3.40. The van der Waals surface area contributed by atoms with Crippen molar-refractivity contribution in [1.29, 1.82) is 0 Å². The zero-order valence-corrected chi connectivity index (χ0v) is 11.2. The third-order valence-corrected chi connectivity index (χ3v) is 3.30. The summed E-state index contributed by atoms with van der Waals surface area (Å²) in [6, 6.07) is 0. The van der Waals surface area contributed by atoms with Crippen LogP contribution in [-0.2, 0) is 4.74 Å². The highest BCUT2D eigenvalue weighted by atomic mass is 32.2. The summed E-state index contributed by atoms with van der Waals surface area (Å²) in [7, 11) is 1.73. The minimum atomic E-state index is 0.226. The Morgan fingerprint density at radius 1 is 1.53 bits per heavy atom. The van der Waals surface area contributed by atoms with Crippen LogP contribution >= 0.6 is 11.8 Å². The number of rotatable bonds is 10. The molecule has 0 saturated carbocycles. The Bertz CT molecular complexity index is 164. The number of nitrogens with one attached hydrogen (secondary N) is 1. The predicted molar refractivity (Wildman–Crippen MR) is 70.7 cm³/mol. The molecule has 0 aliphatic rings. The summed E-state index contributed by atoms with van der Waals surface area (Å²) in [5.41, 5.74) is 0.226. The molecule has 0 radical (unpaired) electrons. The van der Waals surface area contributed by atoms with Crippen molar-refractivity contribution in [2.75, 3.05) is 38.8 Å². The molecule has 0 bridgehead atoms. The third-order valence-electron chi connectivity index (χ3n) is 2.60. The Labute approximate surface area is 98.9 Å². The molecule has 90 valence electrons. The van der Waals surface area contributed by atoms with Crippen molar-refractivity contribution in [2.45, 2.75) is 19.8 Å². The third kappa shape index (κ3) is 7.88. The highest BCUT2D eigenvalue weighted by Crippen LogP contribution is 2.24. The number of ether oxygens (including phenoxy) is 1. The number of thioether (sulfide) groups is 1. The standard InChI is InChI=1S/C12H25NOS/c1-5-12(2,7-6-10-15-4)11-13-8-9-14-3/h5,13H,1,6-11H2,2-4H3. The monoisotopic (exact) mass is 231 g/mol. The van der Waals surface area contributed by atoms with E-state index in [1.54, 1.807) is 7.11 Å². The Hall–Kier alpha value is 0.01000. The molecule has 15 heavy (non-hydrogen) atoms. The van der Waals surface area contributed by atoms with Crippen molar-refractivity contribution in [2.24, 2.45) is 5.41 Å². The van der Waals surface area contributed by atoms with E-state index < -0.39 is 0 Å². The minimum absolute atomic E-state index is 0.226. The van der Waals surface area contributed by atoms with Crippen LogP contribution in [0.3, 0.4) is 0 Å². The van der Waals surface area contributed by atoms with Crippen molar-refractivity contribution in [1.82, 2.24) is 5.32 Å². The van der Waals surface area contributed by atoms with E-state index in [1.165, 1.54) is 18.6 Å². The largest absolute Gasteiger partial charge is 0.383 e. The first-order valence-corrected chi connectivity index (χ1v) is 6.90. The smallest absolute Gasteiger partial charge is 0.0587 e. The van der Waals surface area contributed by atoms with Crippen molar-refractivity contribution >= 4 is 11.8 Å². The number of methoxy groups -OCH3 is 1. The van der Waals surface area contributed by atoms with Gasteiger partial charge in [-0.3, -0.25) is 0 Å². The molecule has 1 N–H and O–H groups in total. The molecule has 2 nitrogen and oxygen atoms in total. The van der Waals surface area contributed by atoms with Crippen LogP contribution in [0.4, 0.5) is 0 Å². The van der Waals surface area contributed by atoms with Gasteiger partial charge in [-0.1, -0.05) is 13.0 Å². The van der Waals surface area contributed by atoms with E-state index >= 15 is 0 Å². The number of hydrogen-bond acceptors (Lipinski definition) is 3. The molecule has 0 aliphatic carbocycles. The second-order valence-electron chi connectivity index (χ2n) is 4.12. The second-order valence-corrected chi connectivity index (χ2v) is 5.11. The van der Waals surface area contributed by atoms with Crippen LogP contribution in [0, 0.1) is 5.41 Å². The topological polar surface area (TPSA) is 21.3 Å². The number of hydrogen-bond donors (Lipinski definition) is 1. The van der Waals surface area contributed by atoms with Crippen LogP contribution in [0.5, 0.6) is 0 Å². The minimum Gasteiger partial charge on any atom is -0.383 e. The fraction of sp³-hybridized carbons (Fsp3) is 0.833. The lowest BCUT2D eigenvalue weighted by Crippen LogP contribution is -2.32. The van der Waals surface area contributed by atoms with Crippen LogP contribution in [0.2, 0.25) is 0 Å². The summed E-state index contributed by atoms with van der Waals surface area (Å²) in [4.78, 5) is 0. The van der Waals surface area contributed by atoms with Gasteiger partial charge in [0.25, 0.3) is 0 Å². The average Bonchev–Trinajstić information content (AvgIpc) is 2.25.